The molecule has 110 heavy (non-hydrogen) atoms. The number of ether oxygens (including phenoxy) is 4. The van der Waals surface area contributed by atoms with Crippen molar-refractivity contribution in [2.75, 3.05) is 47.7 Å². The van der Waals surface area contributed by atoms with E-state index >= 15 is 19.2 Å². The Balaban J connectivity index is 1.01. The molecule has 0 spiro atoms. The lowest BCUT2D eigenvalue weighted by Gasteiger charge is -2.33. The first-order valence-electron chi connectivity index (χ1n) is 36.7. The Morgan fingerprint density at radius 2 is 0.691 bits per heavy atom. The number of amides is 4. The van der Waals surface area contributed by atoms with E-state index in [4.69, 9.17) is 28.9 Å². The summed E-state index contributed by atoms with van der Waals surface area (Å²) in [6.45, 7) is 6.44. The van der Waals surface area contributed by atoms with Gasteiger partial charge in [-0.1, -0.05) is 127 Å². The maximum Gasteiger partial charge on any atom is 0.324 e. The Kier molecular flexibility index (Phi) is 20.1. The van der Waals surface area contributed by atoms with E-state index in [2.05, 4.69) is 31.2 Å². The minimum atomic E-state index is -1.99. The molecular weight excluding hydrogens is 1390 g/mol. The van der Waals surface area contributed by atoms with E-state index in [1.54, 1.807) is 131 Å². The molecule has 1 aliphatic carbocycles. The van der Waals surface area contributed by atoms with Crippen LogP contribution in [-0.4, -0.2) is 93.9 Å². The van der Waals surface area contributed by atoms with Crippen LogP contribution in [0, 0.1) is 16.7 Å². The van der Waals surface area contributed by atoms with Gasteiger partial charge in [-0.15, -0.1) is 0 Å². The average Bonchev–Trinajstić information content (AvgIpc) is 1.58. The van der Waals surface area contributed by atoms with Gasteiger partial charge in [0.1, 0.15) is 0 Å². The van der Waals surface area contributed by atoms with Crippen molar-refractivity contribution in [3.8, 4) is 44.5 Å². The molecule has 1 unspecified atom stereocenters. The quantitative estimate of drug-likeness (QED) is 0.0469. The summed E-state index contributed by atoms with van der Waals surface area (Å²) in [6, 6.07) is 57.3. The SMILES string of the molecule is CCOC(=O)C1(C(=O)OCC)Cc2cccc(c2)C(=O)Nc2ccccc2-c2c3nc(c4c5ccc([nH]5)c(c5nc(c(c6ccc2[nH]6)-c2ccccc2NC(=O)c2cccc(c2)C1)C=C5)-c1ccccc1NC(=O)c1cccc(c1)CC(C(=O)OCC)(C(=O)OCC)CC1C=CC=C(C1)C(=O)Nc1ccccc1-4)C=C3. The molecule has 1 atom stereocenters. The van der Waals surface area contributed by atoms with Gasteiger partial charge in [-0.25, -0.2) is 9.97 Å². The van der Waals surface area contributed by atoms with E-state index < -0.39 is 64.3 Å². The van der Waals surface area contributed by atoms with Crippen molar-refractivity contribution < 1.29 is 57.3 Å². The van der Waals surface area contributed by atoms with Crippen LogP contribution >= 0.6 is 0 Å². The second kappa shape index (κ2) is 30.7. The first kappa shape index (κ1) is 72.0. The number of carbonyl (C=O) groups is 8. The summed E-state index contributed by atoms with van der Waals surface area (Å²) < 4.78 is 23.0. The summed E-state index contributed by atoms with van der Waals surface area (Å²) in [6.07, 6.45) is 12.2. The van der Waals surface area contributed by atoms with Crippen LogP contribution in [0.4, 0.5) is 22.7 Å². The summed E-state index contributed by atoms with van der Waals surface area (Å²) in [4.78, 5) is 138. The molecular formula is C90H76N8O12. The summed E-state index contributed by atoms with van der Waals surface area (Å²) in [7, 11) is 0. The van der Waals surface area contributed by atoms with Crippen molar-refractivity contribution in [1.29, 1.82) is 0 Å². The molecule has 0 radical (unpaired) electrons. The molecule has 10 aromatic rings. The zero-order valence-electron chi connectivity index (χ0n) is 60.8. The number of esters is 4. The highest BCUT2D eigenvalue weighted by Gasteiger charge is 2.51. The molecule has 20 nitrogen and oxygen atoms in total. The molecule has 0 fully saturated rings. The number of hydrogen-bond donors (Lipinski definition) is 6. The van der Waals surface area contributed by atoms with Gasteiger partial charge in [-0.2, -0.15) is 0 Å². The molecule has 5 aliphatic rings. The van der Waals surface area contributed by atoms with Crippen molar-refractivity contribution >= 4 is 117 Å². The van der Waals surface area contributed by atoms with Gasteiger partial charge in [0, 0.05) is 112 Å². The Morgan fingerprint density at radius 1 is 0.382 bits per heavy atom. The standard InChI is InChI=1S/C90H76N8O12/c1-5-107-85(103)89(86(104)108-6-2)49-53-21-17-25-57(45-53)81(99)95-65-33-13-9-29-61(65)77-69-37-38-70(91-69)78(62-30-10-14-34-66(62)96-82(100)58-26-18-22-54(46-58)50-89)74-42-44-76(94-74)80-64-32-12-16-36-68(64)98-84(102)60-28-20-24-56(48-60)52-90(87(105)109-7-3,88(106)110-8-4)51-55-23-19-27-59(47-55)83(101)97-67-35-15-11-31-63(67)79(71-39-40-72(80)92-71)75-43-41-73(77)93-75/h9-47,56,91-92H,5-8,48-52H2,1-4H3,(H,95,99)(H,96,100)(H,97,101)(H,98,102). The van der Waals surface area contributed by atoms with E-state index in [0.29, 0.717) is 134 Å². The number of allylic oxidation sites excluding steroid dienone is 3. The zero-order chi connectivity index (χ0) is 76.2. The number of rotatable bonds is 8. The smallest absolute Gasteiger partial charge is 0.324 e. The van der Waals surface area contributed by atoms with Crippen molar-refractivity contribution in [2.45, 2.75) is 59.8 Å². The van der Waals surface area contributed by atoms with Crippen molar-refractivity contribution in [2.24, 2.45) is 16.7 Å². The number of aromatic nitrogens is 4. The number of fused-ring (bicyclic) bond motifs is 24. The summed E-state index contributed by atoms with van der Waals surface area (Å²) in [5.41, 5.74) is 8.42. The summed E-state index contributed by atoms with van der Waals surface area (Å²) in [5.74, 6) is -5.81. The minimum Gasteiger partial charge on any atom is -0.465 e. The number of para-hydroxylation sites is 4. The maximum absolute atomic E-state index is 15.2. The predicted molar refractivity (Wildman–Crippen MR) is 425 cm³/mol. The monoisotopic (exact) mass is 1460 g/mol. The van der Waals surface area contributed by atoms with Gasteiger partial charge >= 0.3 is 23.9 Å². The van der Waals surface area contributed by atoms with Crippen LogP contribution < -0.4 is 21.3 Å². The van der Waals surface area contributed by atoms with Crippen LogP contribution in [0.15, 0.2) is 218 Å². The van der Waals surface area contributed by atoms with E-state index in [1.165, 1.54) is 0 Å². The van der Waals surface area contributed by atoms with E-state index in [1.807, 2.05) is 134 Å². The first-order valence-corrected chi connectivity index (χ1v) is 36.7. The Morgan fingerprint density at radius 3 is 1.03 bits per heavy atom. The highest BCUT2D eigenvalue weighted by Crippen LogP contribution is 2.46. The first-order chi connectivity index (χ1) is 53.5. The largest absolute Gasteiger partial charge is 0.465 e. The second-order valence-electron chi connectivity index (χ2n) is 27.4. The molecule has 20 heteroatoms. The van der Waals surface area contributed by atoms with Gasteiger partial charge in [-0.3, -0.25) is 38.4 Å². The van der Waals surface area contributed by atoms with Gasteiger partial charge in [0.2, 0.25) is 0 Å². The number of H-pyrrole nitrogens is 2. The van der Waals surface area contributed by atoms with Gasteiger partial charge < -0.3 is 50.2 Å². The van der Waals surface area contributed by atoms with Gasteiger partial charge in [0.25, 0.3) is 23.6 Å². The van der Waals surface area contributed by atoms with Crippen LogP contribution in [0.5, 0.6) is 0 Å². The molecule has 4 aliphatic heterocycles. The number of hydrogen-bond acceptors (Lipinski definition) is 14. The lowest BCUT2D eigenvalue weighted by molar-refractivity contribution is -0.174. The lowest BCUT2D eigenvalue weighted by atomic mass is 9.72. The fourth-order valence-corrected chi connectivity index (χ4v) is 15.4. The summed E-state index contributed by atoms with van der Waals surface area (Å²) in [5, 5.41) is 12.9. The van der Waals surface area contributed by atoms with E-state index in [-0.39, 0.29) is 75.2 Å². The highest BCUT2D eigenvalue weighted by atomic mass is 16.6. The number of aromatic amines is 2. The Bertz CT molecular complexity index is 5740. The number of nitrogens with zero attached hydrogens (tertiary/aromatic N) is 2. The molecule has 20 bridgehead atoms. The van der Waals surface area contributed by atoms with Gasteiger partial charge in [0.05, 0.1) is 49.2 Å². The van der Waals surface area contributed by atoms with Gasteiger partial charge in [0.15, 0.2) is 10.8 Å². The van der Waals surface area contributed by atoms with Crippen LogP contribution in [0.25, 0.3) is 90.9 Å². The third kappa shape index (κ3) is 14.0. The van der Waals surface area contributed by atoms with Crippen molar-refractivity contribution in [3.63, 3.8) is 0 Å². The predicted octanol–water partition coefficient (Wildman–Crippen LogP) is 16.8. The van der Waals surface area contributed by atoms with Crippen LogP contribution in [-0.2, 0) is 62.2 Å². The number of carbonyl (C=O) groups excluding carboxylic acids is 8. The molecule has 3 aromatic heterocycles. The second-order valence-corrected chi connectivity index (χ2v) is 27.4. The van der Waals surface area contributed by atoms with Crippen LogP contribution in [0.3, 0.4) is 0 Å². The average molecular weight is 1460 g/mol. The molecule has 0 saturated heterocycles. The fraction of sp³-hybridized carbons (Fsp3) is 0.178. The number of nitrogens with one attached hydrogen (secondary N) is 6. The van der Waals surface area contributed by atoms with Gasteiger partial charge in [-0.05, 0) is 192 Å². The molecule has 15 rings (SSSR count). The third-order valence-electron chi connectivity index (χ3n) is 20.3. The van der Waals surface area contributed by atoms with Crippen molar-refractivity contribution in [1.82, 2.24) is 19.9 Å². The Labute approximate surface area is 633 Å². The molecule has 4 amide bonds. The molecule has 7 heterocycles. The minimum absolute atomic E-state index is 0.0355. The zero-order valence-corrected chi connectivity index (χ0v) is 60.8. The normalized spacial score (nSPS) is 15.6. The fourth-order valence-electron chi connectivity index (χ4n) is 15.4. The Hall–Kier alpha value is -13.6. The van der Waals surface area contributed by atoms with Crippen LogP contribution in [0.1, 0.15) is 111 Å². The number of benzene rings is 7. The van der Waals surface area contributed by atoms with E-state index in [0.717, 1.165) is 0 Å². The van der Waals surface area contributed by atoms with Crippen LogP contribution in [0.2, 0.25) is 0 Å². The summed E-state index contributed by atoms with van der Waals surface area (Å²) >= 11 is 0. The number of anilines is 4. The maximum atomic E-state index is 15.2. The molecule has 548 valence electrons. The highest BCUT2D eigenvalue weighted by molar-refractivity contribution is 6.13. The molecule has 6 N–H and O–H groups in total. The molecule has 0 saturated carbocycles. The van der Waals surface area contributed by atoms with E-state index in [9.17, 15) is 19.2 Å². The van der Waals surface area contributed by atoms with Crippen molar-refractivity contribution in [3.05, 3.63) is 274 Å². The molecule has 7 aromatic carbocycles. The third-order valence-corrected chi connectivity index (χ3v) is 20.3. The lowest BCUT2D eigenvalue weighted by Crippen LogP contribution is -2.46. The topological polar surface area (TPSA) is 279 Å².